The fraction of sp³-hybridized carbons (Fsp3) is 0.524. The van der Waals surface area contributed by atoms with E-state index in [4.69, 9.17) is 16.6 Å². The van der Waals surface area contributed by atoms with Gasteiger partial charge in [0.05, 0.1) is 12.1 Å². The molecule has 2 amide bonds. The summed E-state index contributed by atoms with van der Waals surface area (Å²) < 4.78 is 0. The number of carboxylic acids is 1. The van der Waals surface area contributed by atoms with Gasteiger partial charge in [0.1, 0.15) is 6.04 Å². The minimum absolute atomic E-state index is 0.183. The maximum atomic E-state index is 12.8. The van der Waals surface area contributed by atoms with Crippen LogP contribution < -0.4 is 16.8 Å². The van der Waals surface area contributed by atoms with Crippen LogP contribution in [0.25, 0.3) is 0 Å². The molecule has 0 bridgehead atoms. The number of amides is 2. The number of likely N-dealkylation sites (tertiary alicyclic amines) is 1. The number of ketones is 1. The highest BCUT2D eigenvalue weighted by Gasteiger charge is 2.38. The number of carbonyl (C=O) groups is 4. The lowest BCUT2D eigenvalue weighted by Gasteiger charge is -2.28. The molecular formula is C21H30N4O5. The molecule has 0 saturated carbocycles. The predicted molar refractivity (Wildman–Crippen MR) is 110 cm³/mol. The standard InChI is InChI=1S/C21H30N4O5/c22-11-5-4-9-16(18(26)21(29)30)24-19(27)17-10-6-12-25(17)20(28)15(23)13-14-7-2-1-3-8-14/h1-3,7-8,15-17H,4-6,9-13,22-23H2,(H,24,27)(H,29,30)/t15-,16+,17+/m1/s1. The Morgan fingerprint density at radius 3 is 2.50 bits per heavy atom. The van der Waals surface area contributed by atoms with Gasteiger partial charge in [0.15, 0.2) is 0 Å². The molecule has 1 aliphatic heterocycles. The van der Waals surface area contributed by atoms with Crippen molar-refractivity contribution in [3.05, 3.63) is 35.9 Å². The molecule has 0 unspecified atom stereocenters. The summed E-state index contributed by atoms with van der Waals surface area (Å²) in [5.74, 6) is -3.53. The first-order valence-corrected chi connectivity index (χ1v) is 10.2. The Morgan fingerprint density at radius 2 is 1.87 bits per heavy atom. The third-order valence-electron chi connectivity index (χ3n) is 5.24. The van der Waals surface area contributed by atoms with Gasteiger partial charge in [-0.1, -0.05) is 30.3 Å². The van der Waals surface area contributed by atoms with Crippen LogP contribution in [-0.4, -0.2) is 64.8 Å². The Balaban J connectivity index is 2.02. The van der Waals surface area contributed by atoms with Crippen molar-refractivity contribution >= 4 is 23.6 Å². The molecule has 0 aromatic heterocycles. The summed E-state index contributed by atoms with van der Waals surface area (Å²) in [6.45, 7) is 0.802. The molecule has 1 saturated heterocycles. The quantitative estimate of drug-likeness (QED) is 0.287. The van der Waals surface area contributed by atoms with Crippen molar-refractivity contribution in [2.24, 2.45) is 11.5 Å². The van der Waals surface area contributed by atoms with Crippen LogP contribution in [0.3, 0.4) is 0 Å². The summed E-state index contributed by atoms with van der Waals surface area (Å²) in [4.78, 5) is 50.2. The van der Waals surface area contributed by atoms with Crippen LogP contribution in [0, 0.1) is 0 Å². The highest BCUT2D eigenvalue weighted by Crippen LogP contribution is 2.20. The van der Waals surface area contributed by atoms with Crippen molar-refractivity contribution in [1.29, 1.82) is 0 Å². The summed E-state index contributed by atoms with van der Waals surface area (Å²) >= 11 is 0. The van der Waals surface area contributed by atoms with Crippen molar-refractivity contribution in [2.45, 2.75) is 56.7 Å². The topological polar surface area (TPSA) is 156 Å². The first-order valence-electron chi connectivity index (χ1n) is 10.2. The molecular weight excluding hydrogens is 388 g/mol. The lowest BCUT2D eigenvalue weighted by Crippen LogP contribution is -2.54. The van der Waals surface area contributed by atoms with E-state index in [1.54, 1.807) is 0 Å². The molecule has 9 nitrogen and oxygen atoms in total. The van der Waals surface area contributed by atoms with Crippen LogP contribution in [0.2, 0.25) is 0 Å². The Bertz CT molecular complexity index is 755. The van der Waals surface area contributed by atoms with Gasteiger partial charge in [-0.25, -0.2) is 4.79 Å². The molecule has 1 aliphatic rings. The minimum Gasteiger partial charge on any atom is -0.475 e. The van der Waals surface area contributed by atoms with Gasteiger partial charge in [-0.05, 0) is 50.6 Å². The highest BCUT2D eigenvalue weighted by molar-refractivity contribution is 6.35. The van der Waals surface area contributed by atoms with Crippen molar-refractivity contribution in [1.82, 2.24) is 10.2 Å². The van der Waals surface area contributed by atoms with E-state index < -0.39 is 35.8 Å². The molecule has 1 aromatic carbocycles. The van der Waals surface area contributed by atoms with Gasteiger partial charge in [0, 0.05) is 6.54 Å². The number of hydrogen-bond donors (Lipinski definition) is 4. The second-order valence-electron chi connectivity index (χ2n) is 7.50. The normalized spacial score (nSPS) is 17.9. The highest BCUT2D eigenvalue weighted by atomic mass is 16.4. The minimum atomic E-state index is -1.60. The number of aliphatic carboxylic acids is 1. The molecule has 0 spiro atoms. The number of rotatable bonds is 11. The molecule has 9 heteroatoms. The zero-order valence-electron chi connectivity index (χ0n) is 17.0. The zero-order chi connectivity index (χ0) is 22.1. The fourth-order valence-electron chi connectivity index (χ4n) is 3.65. The molecule has 2 rings (SSSR count). The number of Topliss-reactive ketones (excluding diaryl/α,β-unsaturated/α-hetero) is 1. The molecule has 0 aliphatic carbocycles. The van der Waals surface area contributed by atoms with E-state index in [-0.39, 0.29) is 12.3 Å². The van der Waals surface area contributed by atoms with E-state index >= 15 is 0 Å². The van der Waals surface area contributed by atoms with Crippen molar-refractivity contribution in [2.75, 3.05) is 13.1 Å². The summed E-state index contributed by atoms with van der Waals surface area (Å²) in [5.41, 5.74) is 12.5. The Hall–Kier alpha value is -2.78. The van der Waals surface area contributed by atoms with E-state index in [1.807, 2.05) is 30.3 Å². The number of carbonyl (C=O) groups excluding carboxylic acids is 3. The van der Waals surface area contributed by atoms with Crippen molar-refractivity contribution in [3.8, 4) is 0 Å². The lowest BCUT2D eigenvalue weighted by molar-refractivity contribution is -0.151. The van der Waals surface area contributed by atoms with E-state index in [2.05, 4.69) is 5.32 Å². The summed E-state index contributed by atoms with van der Waals surface area (Å²) in [6, 6.07) is 6.67. The predicted octanol–water partition coefficient (Wildman–Crippen LogP) is -0.185. The number of hydrogen-bond acceptors (Lipinski definition) is 6. The number of benzene rings is 1. The zero-order valence-corrected chi connectivity index (χ0v) is 17.0. The average Bonchev–Trinajstić information content (AvgIpc) is 3.22. The maximum absolute atomic E-state index is 12.8. The average molecular weight is 418 g/mol. The van der Waals surface area contributed by atoms with E-state index in [1.165, 1.54) is 4.90 Å². The first-order chi connectivity index (χ1) is 14.3. The smallest absolute Gasteiger partial charge is 0.374 e. The maximum Gasteiger partial charge on any atom is 0.374 e. The van der Waals surface area contributed by atoms with Crippen LogP contribution in [-0.2, 0) is 25.6 Å². The third-order valence-corrected chi connectivity index (χ3v) is 5.24. The van der Waals surface area contributed by atoms with E-state index in [0.717, 1.165) is 5.56 Å². The largest absolute Gasteiger partial charge is 0.475 e. The Kier molecular flexibility index (Phi) is 8.94. The van der Waals surface area contributed by atoms with Crippen LogP contribution in [0.4, 0.5) is 0 Å². The third kappa shape index (κ3) is 6.36. The van der Waals surface area contributed by atoms with E-state index in [0.29, 0.717) is 45.2 Å². The molecule has 1 fully saturated rings. The van der Waals surface area contributed by atoms with Crippen molar-refractivity contribution < 1.29 is 24.3 Å². The van der Waals surface area contributed by atoms with Crippen LogP contribution >= 0.6 is 0 Å². The van der Waals surface area contributed by atoms with Gasteiger partial charge in [-0.15, -0.1) is 0 Å². The van der Waals surface area contributed by atoms with Gasteiger partial charge < -0.3 is 26.8 Å². The Labute approximate surface area is 175 Å². The van der Waals surface area contributed by atoms with Gasteiger partial charge in [-0.3, -0.25) is 14.4 Å². The number of nitrogens with zero attached hydrogens (tertiary/aromatic N) is 1. The van der Waals surface area contributed by atoms with Crippen LogP contribution in [0.1, 0.15) is 37.7 Å². The summed E-state index contributed by atoms with van der Waals surface area (Å²) in [6.07, 6.45) is 2.72. The SMILES string of the molecule is NCCCC[C@H](NC(=O)[C@@H]1CCCN1C(=O)[C@H](N)Cc1ccccc1)C(=O)C(=O)O. The molecule has 1 heterocycles. The van der Waals surface area contributed by atoms with Crippen LogP contribution in [0.15, 0.2) is 30.3 Å². The van der Waals surface area contributed by atoms with Gasteiger partial charge in [-0.2, -0.15) is 0 Å². The molecule has 6 N–H and O–H groups in total. The number of nitrogens with one attached hydrogen (secondary N) is 1. The summed E-state index contributed by atoms with van der Waals surface area (Å²) in [5, 5.41) is 11.6. The number of carboxylic acid groups (broad SMARTS) is 1. The van der Waals surface area contributed by atoms with E-state index in [9.17, 15) is 19.2 Å². The second kappa shape index (κ2) is 11.4. The molecule has 1 aromatic rings. The second-order valence-corrected chi connectivity index (χ2v) is 7.50. The molecule has 0 radical (unpaired) electrons. The monoisotopic (exact) mass is 418 g/mol. The Morgan fingerprint density at radius 1 is 1.17 bits per heavy atom. The van der Waals surface area contributed by atoms with Crippen molar-refractivity contribution in [3.63, 3.8) is 0 Å². The molecule has 3 atom stereocenters. The molecule has 30 heavy (non-hydrogen) atoms. The summed E-state index contributed by atoms with van der Waals surface area (Å²) in [7, 11) is 0. The number of nitrogens with two attached hydrogens (primary N) is 2. The van der Waals surface area contributed by atoms with Gasteiger partial charge in [0.25, 0.3) is 5.78 Å². The first kappa shape index (κ1) is 23.5. The lowest BCUT2D eigenvalue weighted by atomic mass is 10.0. The molecule has 164 valence electrons. The van der Waals surface area contributed by atoms with Crippen LogP contribution in [0.5, 0.6) is 0 Å². The fourth-order valence-corrected chi connectivity index (χ4v) is 3.65. The van der Waals surface area contributed by atoms with Gasteiger partial charge >= 0.3 is 5.97 Å². The number of unbranched alkanes of at least 4 members (excludes halogenated alkanes) is 1. The van der Waals surface area contributed by atoms with Gasteiger partial charge in [0.2, 0.25) is 11.8 Å².